The standard InChI is InChI=1S/C18H18N4O5S/c19-17(26)11-3-5-12(6-4-11)20-14(23)9-27-16(25)8-13-10-28-18(21-13)22-7-1-2-15(22)24/h3-6,10H,1-2,7-9H2,(H2,19,26)(H,20,23). The van der Waals surface area contributed by atoms with Gasteiger partial charge in [0.1, 0.15) is 0 Å². The van der Waals surface area contributed by atoms with Gasteiger partial charge in [0.25, 0.3) is 5.91 Å². The molecule has 2 aromatic rings. The van der Waals surface area contributed by atoms with Crippen molar-refractivity contribution < 1.29 is 23.9 Å². The first-order chi connectivity index (χ1) is 13.4. The molecule has 1 aliphatic rings. The average molecular weight is 402 g/mol. The molecule has 0 bridgehead atoms. The van der Waals surface area contributed by atoms with E-state index >= 15 is 0 Å². The molecule has 1 aromatic heterocycles. The minimum atomic E-state index is -0.594. The second-order valence-electron chi connectivity index (χ2n) is 6.10. The second kappa shape index (κ2) is 8.61. The van der Waals surface area contributed by atoms with Crippen LogP contribution in [0.15, 0.2) is 29.6 Å². The number of carbonyl (C=O) groups is 4. The number of esters is 1. The topological polar surface area (TPSA) is 132 Å². The Morgan fingerprint density at radius 1 is 1.25 bits per heavy atom. The molecule has 28 heavy (non-hydrogen) atoms. The van der Waals surface area contributed by atoms with Gasteiger partial charge in [-0.3, -0.25) is 24.1 Å². The van der Waals surface area contributed by atoms with E-state index in [0.717, 1.165) is 6.42 Å². The van der Waals surface area contributed by atoms with E-state index < -0.39 is 24.4 Å². The largest absolute Gasteiger partial charge is 0.455 e. The molecule has 10 heteroatoms. The van der Waals surface area contributed by atoms with E-state index in [0.29, 0.717) is 35.0 Å². The number of nitrogens with zero attached hydrogens (tertiary/aromatic N) is 2. The maximum absolute atomic E-state index is 11.9. The first-order valence-electron chi connectivity index (χ1n) is 8.52. The van der Waals surface area contributed by atoms with Crippen LogP contribution in [-0.2, 0) is 25.5 Å². The first-order valence-corrected chi connectivity index (χ1v) is 9.40. The molecule has 9 nitrogen and oxygen atoms in total. The summed E-state index contributed by atoms with van der Waals surface area (Å²) < 4.78 is 4.96. The van der Waals surface area contributed by atoms with E-state index in [4.69, 9.17) is 10.5 Å². The summed E-state index contributed by atoms with van der Waals surface area (Å²) >= 11 is 1.30. The van der Waals surface area contributed by atoms with Crippen LogP contribution < -0.4 is 16.0 Å². The van der Waals surface area contributed by atoms with Gasteiger partial charge in [-0.25, -0.2) is 4.98 Å². The molecule has 1 fully saturated rings. The number of ether oxygens (including phenoxy) is 1. The number of primary amides is 1. The number of hydrogen-bond acceptors (Lipinski definition) is 7. The molecular formula is C18H18N4O5S. The highest BCUT2D eigenvalue weighted by Gasteiger charge is 2.24. The van der Waals surface area contributed by atoms with Crippen LogP contribution >= 0.6 is 11.3 Å². The zero-order valence-corrected chi connectivity index (χ0v) is 15.7. The molecule has 0 unspecified atom stereocenters. The number of nitrogens with two attached hydrogens (primary N) is 1. The highest BCUT2D eigenvalue weighted by Crippen LogP contribution is 2.25. The van der Waals surface area contributed by atoms with Gasteiger partial charge in [0, 0.05) is 29.6 Å². The van der Waals surface area contributed by atoms with Crippen molar-refractivity contribution in [2.45, 2.75) is 19.3 Å². The fourth-order valence-corrected chi connectivity index (χ4v) is 3.48. The van der Waals surface area contributed by atoms with Gasteiger partial charge in [-0.15, -0.1) is 11.3 Å². The van der Waals surface area contributed by atoms with Crippen molar-refractivity contribution in [3.63, 3.8) is 0 Å². The average Bonchev–Trinajstić information content (AvgIpc) is 3.29. The van der Waals surface area contributed by atoms with E-state index in [1.807, 2.05) is 0 Å². The van der Waals surface area contributed by atoms with E-state index in [-0.39, 0.29) is 12.3 Å². The van der Waals surface area contributed by atoms with E-state index in [9.17, 15) is 19.2 Å². The lowest BCUT2D eigenvalue weighted by Crippen LogP contribution is -2.23. The van der Waals surface area contributed by atoms with Gasteiger partial charge in [-0.05, 0) is 30.7 Å². The van der Waals surface area contributed by atoms with Crippen LogP contribution in [0.1, 0.15) is 28.9 Å². The quantitative estimate of drug-likeness (QED) is 0.667. The minimum absolute atomic E-state index is 0.0315. The van der Waals surface area contributed by atoms with Crippen molar-refractivity contribution in [2.75, 3.05) is 23.4 Å². The lowest BCUT2D eigenvalue weighted by atomic mass is 10.2. The smallest absolute Gasteiger partial charge is 0.312 e. The molecule has 0 radical (unpaired) electrons. The third kappa shape index (κ3) is 4.92. The Morgan fingerprint density at radius 2 is 2.00 bits per heavy atom. The Labute approximate surface area is 164 Å². The Kier molecular flexibility index (Phi) is 5.99. The monoisotopic (exact) mass is 402 g/mol. The third-order valence-electron chi connectivity index (χ3n) is 3.99. The van der Waals surface area contributed by atoms with Gasteiger partial charge >= 0.3 is 5.97 Å². The van der Waals surface area contributed by atoms with E-state index in [2.05, 4.69) is 10.3 Å². The van der Waals surface area contributed by atoms with Crippen LogP contribution in [0.4, 0.5) is 10.8 Å². The first kappa shape index (κ1) is 19.5. The summed E-state index contributed by atoms with van der Waals surface area (Å²) in [4.78, 5) is 52.4. The summed E-state index contributed by atoms with van der Waals surface area (Å²) in [6.45, 7) is 0.189. The van der Waals surface area contributed by atoms with Crippen LogP contribution in [0.5, 0.6) is 0 Å². The number of hydrogen-bond donors (Lipinski definition) is 2. The minimum Gasteiger partial charge on any atom is -0.455 e. The number of amides is 3. The van der Waals surface area contributed by atoms with Gasteiger partial charge in [-0.1, -0.05) is 0 Å². The molecule has 146 valence electrons. The zero-order valence-electron chi connectivity index (χ0n) is 14.8. The van der Waals surface area contributed by atoms with Crippen LogP contribution in [0.2, 0.25) is 0 Å². The molecule has 1 aromatic carbocycles. The number of rotatable bonds is 7. The number of anilines is 2. The number of carbonyl (C=O) groups excluding carboxylic acids is 4. The predicted molar refractivity (Wildman–Crippen MR) is 102 cm³/mol. The highest BCUT2D eigenvalue weighted by atomic mass is 32.1. The molecule has 0 saturated carbocycles. The Morgan fingerprint density at radius 3 is 2.64 bits per heavy atom. The Bertz CT molecular complexity index is 909. The van der Waals surface area contributed by atoms with Gasteiger partial charge < -0.3 is 15.8 Å². The van der Waals surface area contributed by atoms with Gasteiger partial charge in [0.2, 0.25) is 11.8 Å². The number of thiazole rings is 1. The maximum atomic E-state index is 11.9. The van der Waals surface area contributed by atoms with Crippen LogP contribution in [0.3, 0.4) is 0 Å². The van der Waals surface area contributed by atoms with Crippen molar-refractivity contribution in [3.05, 3.63) is 40.9 Å². The highest BCUT2D eigenvalue weighted by molar-refractivity contribution is 7.14. The van der Waals surface area contributed by atoms with Crippen molar-refractivity contribution >= 4 is 45.8 Å². The number of aromatic nitrogens is 1. The molecule has 1 saturated heterocycles. The van der Waals surface area contributed by atoms with Crippen LogP contribution in [-0.4, -0.2) is 41.8 Å². The molecule has 0 aliphatic carbocycles. The molecule has 1 aliphatic heterocycles. The Hall–Kier alpha value is -3.27. The maximum Gasteiger partial charge on any atom is 0.312 e. The van der Waals surface area contributed by atoms with Gasteiger partial charge in [0.15, 0.2) is 11.7 Å². The number of nitrogens with one attached hydrogen (secondary N) is 1. The molecular weight excluding hydrogens is 384 g/mol. The van der Waals surface area contributed by atoms with Crippen LogP contribution in [0.25, 0.3) is 0 Å². The summed E-state index contributed by atoms with van der Waals surface area (Å²) in [7, 11) is 0. The van der Waals surface area contributed by atoms with E-state index in [1.54, 1.807) is 10.3 Å². The lowest BCUT2D eigenvalue weighted by Gasteiger charge is -2.10. The second-order valence-corrected chi connectivity index (χ2v) is 6.93. The van der Waals surface area contributed by atoms with Gasteiger partial charge in [-0.2, -0.15) is 0 Å². The zero-order chi connectivity index (χ0) is 20.1. The molecule has 0 atom stereocenters. The summed E-state index contributed by atoms with van der Waals surface area (Å²) in [6.07, 6.45) is 1.23. The van der Waals surface area contributed by atoms with Gasteiger partial charge in [0.05, 0.1) is 12.1 Å². The SMILES string of the molecule is NC(=O)c1ccc(NC(=O)COC(=O)Cc2csc(N3CCCC3=O)n2)cc1. The summed E-state index contributed by atoms with van der Waals surface area (Å²) in [6, 6.07) is 6.01. The summed E-state index contributed by atoms with van der Waals surface area (Å²) in [5, 5.41) is 4.82. The number of benzene rings is 1. The fourth-order valence-electron chi connectivity index (χ4n) is 2.61. The normalized spacial score (nSPS) is 13.4. The predicted octanol–water partition coefficient (Wildman–Crippen LogP) is 1.09. The molecule has 3 N–H and O–H groups in total. The van der Waals surface area contributed by atoms with Crippen molar-refractivity contribution in [1.82, 2.24) is 4.98 Å². The fraction of sp³-hybridized carbons (Fsp3) is 0.278. The molecule has 2 heterocycles. The lowest BCUT2D eigenvalue weighted by molar-refractivity contribution is -0.146. The molecule has 0 spiro atoms. The summed E-state index contributed by atoms with van der Waals surface area (Å²) in [5.41, 5.74) is 6.41. The third-order valence-corrected chi connectivity index (χ3v) is 4.90. The molecule has 3 amide bonds. The van der Waals surface area contributed by atoms with E-state index in [1.165, 1.54) is 35.6 Å². The summed E-state index contributed by atoms with van der Waals surface area (Å²) in [5.74, 6) is -1.64. The van der Waals surface area contributed by atoms with Crippen molar-refractivity contribution in [1.29, 1.82) is 0 Å². The van der Waals surface area contributed by atoms with Crippen molar-refractivity contribution in [2.24, 2.45) is 5.73 Å². The van der Waals surface area contributed by atoms with Crippen molar-refractivity contribution in [3.8, 4) is 0 Å². The van der Waals surface area contributed by atoms with Crippen LogP contribution in [0, 0.1) is 0 Å². The molecule has 3 rings (SSSR count). The Balaban J connectivity index is 1.45.